The Balaban J connectivity index is 0.0000130. The number of aliphatic carboxylic acids is 2. The van der Waals surface area contributed by atoms with Crippen molar-refractivity contribution < 1.29 is 36.7 Å². The first-order chi connectivity index (χ1) is 17.5. The highest BCUT2D eigenvalue weighted by Crippen LogP contribution is 2.20. The van der Waals surface area contributed by atoms with E-state index in [0.717, 1.165) is 24.9 Å². The van der Waals surface area contributed by atoms with E-state index in [1.807, 2.05) is 18.2 Å². The Morgan fingerprint density at radius 3 is 1.62 bits per heavy atom. The van der Waals surface area contributed by atoms with Gasteiger partial charge in [-0.1, -0.05) is 101 Å². The summed E-state index contributed by atoms with van der Waals surface area (Å²) in [7, 11) is 0. The van der Waals surface area contributed by atoms with Crippen LogP contribution in [0.1, 0.15) is 115 Å². The molecule has 0 amide bonds. The number of halogens is 1. The molecule has 0 spiro atoms. The third-order valence-corrected chi connectivity index (χ3v) is 7.11. The van der Waals surface area contributed by atoms with E-state index in [1.165, 1.54) is 77.0 Å². The Labute approximate surface area is 232 Å². The first-order valence-electron chi connectivity index (χ1n) is 14.4. The standard InChI is InChI=1S/C31H51NO4.ClH/c1-2-3-4-5-6-7-8-9-10-11-12-13-14-15-16-20-25-32(26-23-30(33)34,27-24-31(35)36)28-29-21-18-17-19-22-29;/h9-10,17-19,21-22H,2-8,11-16,20,23-28H2,1H3,(H-,33,34,35,36);1H/b10-9-;. The van der Waals surface area contributed by atoms with Crippen molar-refractivity contribution in [2.75, 3.05) is 19.6 Å². The monoisotopic (exact) mass is 537 g/mol. The topological polar surface area (TPSA) is 74.6 Å². The van der Waals surface area contributed by atoms with Gasteiger partial charge in [-0.2, -0.15) is 0 Å². The van der Waals surface area contributed by atoms with Crippen molar-refractivity contribution in [2.45, 2.75) is 116 Å². The van der Waals surface area contributed by atoms with Gasteiger partial charge in [-0.25, -0.2) is 0 Å². The maximum Gasteiger partial charge on any atom is 0.309 e. The van der Waals surface area contributed by atoms with E-state index in [9.17, 15) is 19.8 Å². The molecule has 0 aromatic heterocycles. The van der Waals surface area contributed by atoms with Crippen molar-refractivity contribution in [3.63, 3.8) is 0 Å². The molecule has 0 saturated heterocycles. The molecule has 0 unspecified atom stereocenters. The first-order valence-corrected chi connectivity index (χ1v) is 14.4. The number of carboxylic acid groups (broad SMARTS) is 2. The fourth-order valence-electron chi connectivity index (χ4n) is 4.90. The molecule has 0 atom stereocenters. The fraction of sp³-hybridized carbons (Fsp3) is 0.677. The minimum Gasteiger partial charge on any atom is -1.00 e. The Bertz CT molecular complexity index is 705. The summed E-state index contributed by atoms with van der Waals surface area (Å²) in [5.41, 5.74) is 1.14. The molecule has 37 heavy (non-hydrogen) atoms. The lowest BCUT2D eigenvalue weighted by Crippen LogP contribution is -3.00. The largest absolute Gasteiger partial charge is 1.00 e. The van der Waals surface area contributed by atoms with Gasteiger partial charge in [0.1, 0.15) is 6.54 Å². The zero-order valence-electron chi connectivity index (χ0n) is 23.2. The predicted molar refractivity (Wildman–Crippen MR) is 149 cm³/mol. The zero-order chi connectivity index (χ0) is 26.3. The normalized spacial score (nSPS) is 11.5. The van der Waals surface area contributed by atoms with Crippen molar-refractivity contribution >= 4 is 11.9 Å². The molecule has 1 rings (SSSR count). The van der Waals surface area contributed by atoms with E-state index in [1.54, 1.807) is 0 Å². The molecule has 212 valence electrons. The van der Waals surface area contributed by atoms with Gasteiger partial charge in [-0.05, 0) is 38.5 Å². The average molecular weight is 538 g/mol. The molecule has 0 bridgehead atoms. The molecular formula is C31H52ClNO4. The van der Waals surface area contributed by atoms with Crippen LogP contribution >= 0.6 is 0 Å². The summed E-state index contributed by atoms with van der Waals surface area (Å²) in [4.78, 5) is 22.7. The van der Waals surface area contributed by atoms with E-state index in [2.05, 4.69) is 31.2 Å². The second-order valence-corrected chi connectivity index (χ2v) is 10.4. The SMILES string of the molecule is CCCCCCCC/C=C\CCCCCCCC[N+](CCC(=O)O)(CCC(=O)O)Cc1ccccc1.[Cl-]. The average Bonchev–Trinajstić information content (AvgIpc) is 2.86. The molecule has 0 aliphatic rings. The molecule has 1 aromatic carbocycles. The third kappa shape index (κ3) is 19.9. The van der Waals surface area contributed by atoms with Crippen LogP contribution in [0.2, 0.25) is 0 Å². The fourth-order valence-corrected chi connectivity index (χ4v) is 4.90. The van der Waals surface area contributed by atoms with Crippen LogP contribution in [0.5, 0.6) is 0 Å². The molecule has 0 aliphatic heterocycles. The van der Waals surface area contributed by atoms with E-state index < -0.39 is 11.9 Å². The Morgan fingerprint density at radius 1 is 0.676 bits per heavy atom. The van der Waals surface area contributed by atoms with Gasteiger partial charge in [0.15, 0.2) is 0 Å². The number of unbranched alkanes of at least 4 members (excludes halogenated alkanes) is 12. The quantitative estimate of drug-likeness (QED) is 0.111. The smallest absolute Gasteiger partial charge is 0.309 e. The van der Waals surface area contributed by atoms with E-state index in [4.69, 9.17) is 0 Å². The van der Waals surface area contributed by atoms with Gasteiger partial charge >= 0.3 is 11.9 Å². The number of allylic oxidation sites excluding steroid dienone is 2. The number of hydrogen-bond donors (Lipinski definition) is 2. The number of carboxylic acids is 2. The highest BCUT2D eigenvalue weighted by Gasteiger charge is 2.29. The van der Waals surface area contributed by atoms with Crippen LogP contribution < -0.4 is 12.4 Å². The van der Waals surface area contributed by atoms with Crippen molar-refractivity contribution in [3.05, 3.63) is 48.0 Å². The number of nitrogens with zero attached hydrogens (tertiary/aromatic N) is 1. The van der Waals surface area contributed by atoms with Gasteiger partial charge in [0.05, 0.1) is 32.5 Å². The summed E-state index contributed by atoms with van der Waals surface area (Å²) in [5.74, 6) is -1.64. The number of rotatable bonds is 24. The Morgan fingerprint density at radius 2 is 1.14 bits per heavy atom. The second-order valence-electron chi connectivity index (χ2n) is 10.4. The van der Waals surface area contributed by atoms with Gasteiger partial charge in [-0.3, -0.25) is 9.59 Å². The maximum absolute atomic E-state index is 11.3. The molecule has 2 N–H and O–H groups in total. The molecule has 5 nitrogen and oxygen atoms in total. The lowest BCUT2D eigenvalue weighted by molar-refractivity contribution is -0.940. The van der Waals surface area contributed by atoms with Gasteiger partial charge in [-0.15, -0.1) is 0 Å². The lowest BCUT2D eigenvalue weighted by atomic mass is 10.1. The van der Waals surface area contributed by atoms with Crippen LogP contribution in [0, 0.1) is 0 Å². The molecule has 1 aromatic rings. The molecule has 0 heterocycles. The van der Waals surface area contributed by atoms with Crippen LogP contribution in [0.25, 0.3) is 0 Å². The van der Waals surface area contributed by atoms with Gasteiger partial charge in [0.25, 0.3) is 0 Å². The number of quaternary nitrogens is 1. The van der Waals surface area contributed by atoms with Gasteiger partial charge < -0.3 is 27.1 Å². The second kappa shape index (κ2) is 23.3. The summed E-state index contributed by atoms with van der Waals surface area (Å²) in [6.45, 7) is 4.73. The minimum atomic E-state index is -0.818. The Kier molecular flexibility index (Phi) is 22.1. The maximum atomic E-state index is 11.3. The van der Waals surface area contributed by atoms with E-state index in [0.29, 0.717) is 24.1 Å². The number of benzene rings is 1. The summed E-state index contributed by atoms with van der Waals surface area (Å²) in [6, 6.07) is 10.1. The lowest BCUT2D eigenvalue weighted by Gasteiger charge is -2.38. The summed E-state index contributed by atoms with van der Waals surface area (Å²) in [5, 5.41) is 18.6. The summed E-state index contributed by atoms with van der Waals surface area (Å²) >= 11 is 0. The van der Waals surface area contributed by atoms with Crippen LogP contribution in [0.4, 0.5) is 0 Å². The van der Waals surface area contributed by atoms with E-state index >= 15 is 0 Å². The minimum absolute atomic E-state index is 0. The summed E-state index contributed by atoms with van der Waals surface area (Å²) < 4.78 is 0.534. The number of hydrogen-bond acceptors (Lipinski definition) is 2. The van der Waals surface area contributed by atoms with Crippen molar-refractivity contribution in [1.29, 1.82) is 0 Å². The third-order valence-electron chi connectivity index (χ3n) is 7.11. The molecular weight excluding hydrogens is 486 g/mol. The van der Waals surface area contributed by atoms with E-state index in [-0.39, 0.29) is 25.2 Å². The molecule has 0 saturated carbocycles. The van der Waals surface area contributed by atoms with Crippen molar-refractivity contribution in [1.82, 2.24) is 0 Å². The zero-order valence-corrected chi connectivity index (χ0v) is 24.0. The van der Waals surface area contributed by atoms with Crippen LogP contribution in [-0.2, 0) is 16.1 Å². The highest BCUT2D eigenvalue weighted by molar-refractivity contribution is 5.67. The molecule has 0 radical (unpaired) electrons. The van der Waals surface area contributed by atoms with Crippen LogP contribution in [0.3, 0.4) is 0 Å². The molecule has 0 fully saturated rings. The van der Waals surface area contributed by atoms with Crippen LogP contribution in [0.15, 0.2) is 42.5 Å². The van der Waals surface area contributed by atoms with Crippen LogP contribution in [-0.4, -0.2) is 46.3 Å². The molecule has 6 heteroatoms. The van der Waals surface area contributed by atoms with Crippen molar-refractivity contribution in [3.8, 4) is 0 Å². The number of carbonyl (C=O) groups is 2. The predicted octanol–water partition coefficient (Wildman–Crippen LogP) is 4.99. The van der Waals surface area contributed by atoms with Gasteiger partial charge in [0, 0.05) is 5.56 Å². The molecule has 0 aliphatic carbocycles. The Hall–Kier alpha value is -1.85. The first kappa shape index (κ1) is 35.2. The van der Waals surface area contributed by atoms with Gasteiger partial charge in [0.2, 0.25) is 0 Å². The van der Waals surface area contributed by atoms with Crippen molar-refractivity contribution in [2.24, 2.45) is 0 Å². The summed E-state index contributed by atoms with van der Waals surface area (Å²) in [6.07, 6.45) is 22.4. The highest BCUT2D eigenvalue weighted by atomic mass is 35.5.